The van der Waals surface area contributed by atoms with Crippen molar-refractivity contribution in [3.63, 3.8) is 0 Å². The van der Waals surface area contributed by atoms with Gasteiger partial charge in [0.15, 0.2) is 0 Å². The number of nitrogens with two attached hydrogens (primary N) is 1. The zero-order valence-electron chi connectivity index (χ0n) is 10.4. The smallest absolute Gasteiger partial charge is 0.122 e. The number of methoxy groups -OCH3 is 2. The van der Waals surface area contributed by atoms with Crippen LogP contribution >= 0.6 is 0 Å². The summed E-state index contributed by atoms with van der Waals surface area (Å²) in [6.45, 7) is 1.41. The molecule has 0 atom stereocenters. The molecule has 0 amide bonds. The molecular formula is C13H19NO3. The fraction of sp³-hybridized carbons (Fsp3) is 0.538. The fourth-order valence-corrected chi connectivity index (χ4v) is 2.12. The Labute approximate surface area is 102 Å². The molecule has 0 saturated carbocycles. The Morgan fingerprint density at radius 2 is 1.59 bits per heavy atom. The van der Waals surface area contributed by atoms with E-state index < -0.39 is 0 Å². The van der Waals surface area contributed by atoms with Crippen LogP contribution in [0.1, 0.15) is 18.4 Å². The van der Waals surface area contributed by atoms with E-state index in [0.717, 1.165) is 29.9 Å². The van der Waals surface area contributed by atoms with Crippen LogP contribution in [0.3, 0.4) is 0 Å². The van der Waals surface area contributed by atoms with E-state index in [4.69, 9.17) is 19.9 Å². The van der Waals surface area contributed by atoms with E-state index in [9.17, 15) is 0 Å². The van der Waals surface area contributed by atoms with Crippen LogP contribution in [0, 0.1) is 0 Å². The van der Waals surface area contributed by atoms with Crippen molar-refractivity contribution in [2.24, 2.45) is 5.73 Å². The molecule has 1 heterocycles. The molecule has 2 rings (SSSR count). The van der Waals surface area contributed by atoms with Gasteiger partial charge in [0.1, 0.15) is 11.5 Å². The standard InChI is InChI=1S/C13H19NO3/c1-15-11-7-10(8-12(9-11)16-2)13(14)3-5-17-6-4-13/h7-9H,3-6,14H2,1-2H3. The second kappa shape index (κ2) is 4.94. The molecule has 1 aliphatic heterocycles. The van der Waals surface area contributed by atoms with Gasteiger partial charge in [0.2, 0.25) is 0 Å². The van der Waals surface area contributed by atoms with E-state index in [2.05, 4.69) is 0 Å². The summed E-state index contributed by atoms with van der Waals surface area (Å²) < 4.78 is 15.9. The van der Waals surface area contributed by atoms with Gasteiger partial charge in [-0.1, -0.05) is 0 Å². The van der Waals surface area contributed by atoms with E-state index in [1.54, 1.807) is 14.2 Å². The number of ether oxygens (including phenoxy) is 3. The predicted molar refractivity (Wildman–Crippen MR) is 65.5 cm³/mol. The largest absolute Gasteiger partial charge is 0.497 e. The van der Waals surface area contributed by atoms with Gasteiger partial charge in [-0.25, -0.2) is 0 Å². The van der Waals surface area contributed by atoms with Crippen molar-refractivity contribution in [2.75, 3.05) is 27.4 Å². The summed E-state index contributed by atoms with van der Waals surface area (Å²) in [5, 5.41) is 0. The van der Waals surface area contributed by atoms with Gasteiger partial charge < -0.3 is 19.9 Å². The molecule has 4 nitrogen and oxygen atoms in total. The fourth-order valence-electron chi connectivity index (χ4n) is 2.12. The molecule has 1 aliphatic rings. The highest BCUT2D eigenvalue weighted by molar-refractivity contribution is 5.41. The summed E-state index contributed by atoms with van der Waals surface area (Å²) in [6.07, 6.45) is 1.65. The van der Waals surface area contributed by atoms with Crippen molar-refractivity contribution in [1.29, 1.82) is 0 Å². The van der Waals surface area contributed by atoms with Gasteiger partial charge in [-0.05, 0) is 30.5 Å². The lowest BCUT2D eigenvalue weighted by Crippen LogP contribution is -2.42. The third kappa shape index (κ3) is 2.53. The summed E-state index contributed by atoms with van der Waals surface area (Å²) in [6, 6.07) is 5.81. The molecule has 17 heavy (non-hydrogen) atoms. The zero-order valence-corrected chi connectivity index (χ0v) is 10.4. The van der Waals surface area contributed by atoms with Gasteiger partial charge in [0.05, 0.1) is 14.2 Å². The maximum absolute atomic E-state index is 6.44. The maximum atomic E-state index is 6.44. The van der Waals surface area contributed by atoms with Crippen LogP contribution in [0.15, 0.2) is 18.2 Å². The number of benzene rings is 1. The zero-order chi connectivity index (χ0) is 12.3. The van der Waals surface area contributed by atoms with Crippen LogP contribution in [0.2, 0.25) is 0 Å². The van der Waals surface area contributed by atoms with Crippen LogP contribution in [0.5, 0.6) is 11.5 Å². The Morgan fingerprint density at radius 3 is 2.06 bits per heavy atom. The van der Waals surface area contributed by atoms with E-state index in [0.29, 0.717) is 13.2 Å². The van der Waals surface area contributed by atoms with Gasteiger partial charge >= 0.3 is 0 Å². The van der Waals surface area contributed by atoms with E-state index in [-0.39, 0.29) is 5.54 Å². The summed E-state index contributed by atoms with van der Waals surface area (Å²) in [5.74, 6) is 1.55. The topological polar surface area (TPSA) is 53.7 Å². The second-order valence-electron chi connectivity index (χ2n) is 4.37. The van der Waals surface area contributed by atoms with Crippen molar-refractivity contribution in [3.05, 3.63) is 23.8 Å². The normalized spacial score (nSPS) is 18.8. The van der Waals surface area contributed by atoms with Crippen LogP contribution in [0.25, 0.3) is 0 Å². The van der Waals surface area contributed by atoms with Crippen LogP contribution in [-0.2, 0) is 10.3 Å². The third-order valence-corrected chi connectivity index (χ3v) is 3.31. The molecule has 0 radical (unpaired) electrons. The van der Waals surface area contributed by atoms with E-state index >= 15 is 0 Å². The minimum atomic E-state index is -0.333. The first kappa shape index (κ1) is 12.2. The predicted octanol–water partition coefficient (Wildman–Crippen LogP) is 1.67. The first-order chi connectivity index (χ1) is 8.18. The Hall–Kier alpha value is -1.26. The van der Waals surface area contributed by atoms with Crippen molar-refractivity contribution in [2.45, 2.75) is 18.4 Å². The molecule has 1 aromatic rings. The lowest BCUT2D eigenvalue weighted by atomic mass is 9.83. The molecule has 2 N–H and O–H groups in total. The molecule has 0 spiro atoms. The Bertz CT molecular complexity index is 364. The molecule has 1 saturated heterocycles. The van der Waals surface area contributed by atoms with Crippen molar-refractivity contribution in [1.82, 2.24) is 0 Å². The molecule has 0 unspecified atom stereocenters. The third-order valence-electron chi connectivity index (χ3n) is 3.31. The lowest BCUT2D eigenvalue weighted by molar-refractivity contribution is 0.0521. The van der Waals surface area contributed by atoms with Crippen molar-refractivity contribution >= 4 is 0 Å². The minimum Gasteiger partial charge on any atom is -0.497 e. The average Bonchev–Trinajstić information content (AvgIpc) is 2.39. The summed E-state index contributed by atoms with van der Waals surface area (Å²) in [7, 11) is 3.29. The van der Waals surface area contributed by atoms with Gasteiger partial charge in [-0.15, -0.1) is 0 Å². The molecule has 0 aliphatic carbocycles. The van der Waals surface area contributed by atoms with Gasteiger partial charge in [-0.3, -0.25) is 0 Å². The Morgan fingerprint density at radius 1 is 1.06 bits per heavy atom. The summed E-state index contributed by atoms with van der Waals surface area (Å²) >= 11 is 0. The van der Waals surface area contributed by atoms with E-state index in [1.807, 2.05) is 18.2 Å². The van der Waals surface area contributed by atoms with Crippen LogP contribution in [-0.4, -0.2) is 27.4 Å². The molecule has 4 heteroatoms. The first-order valence-corrected chi connectivity index (χ1v) is 5.78. The number of hydrogen-bond acceptors (Lipinski definition) is 4. The average molecular weight is 237 g/mol. The first-order valence-electron chi connectivity index (χ1n) is 5.78. The van der Waals surface area contributed by atoms with Crippen LogP contribution in [0.4, 0.5) is 0 Å². The summed E-state index contributed by atoms with van der Waals surface area (Å²) in [5.41, 5.74) is 7.16. The highest BCUT2D eigenvalue weighted by Crippen LogP contribution is 2.34. The minimum absolute atomic E-state index is 0.333. The Balaban J connectivity index is 2.35. The molecular weight excluding hydrogens is 218 g/mol. The molecule has 94 valence electrons. The number of hydrogen-bond donors (Lipinski definition) is 1. The van der Waals surface area contributed by atoms with E-state index in [1.165, 1.54) is 0 Å². The number of rotatable bonds is 3. The van der Waals surface area contributed by atoms with Crippen molar-refractivity contribution in [3.8, 4) is 11.5 Å². The summed E-state index contributed by atoms with van der Waals surface area (Å²) in [4.78, 5) is 0. The van der Waals surface area contributed by atoms with Gasteiger partial charge in [0, 0.05) is 24.8 Å². The molecule has 1 fully saturated rings. The van der Waals surface area contributed by atoms with Crippen LogP contribution < -0.4 is 15.2 Å². The molecule has 0 aromatic heterocycles. The Kier molecular flexibility index (Phi) is 3.54. The highest BCUT2D eigenvalue weighted by Gasteiger charge is 2.30. The second-order valence-corrected chi connectivity index (χ2v) is 4.37. The maximum Gasteiger partial charge on any atom is 0.122 e. The van der Waals surface area contributed by atoms with Gasteiger partial charge in [-0.2, -0.15) is 0 Å². The molecule has 1 aromatic carbocycles. The molecule has 0 bridgehead atoms. The van der Waals surface area contributed by atoms with Gasteiger partial charge in [0.25, 0.3) is 0 Å². The quantitative estimate of drug-likeness (QED) is 0.868. The SMILES string of the molecule is COc1cc(OC)cc(C2(N)CCOCC2)c1. The highest BCUT2D eigenvalue weighted by atomic mass is 16.5. The monoisotopic (exact) mass is 237 g/mol. The lowest BCUT2D eigenvalue weighted by Gasteiger charge is -2.34. The van der Waals surface area contributed by atoms with Crippen molar-refractivity contribution < 1.29 is 14.2 Å².